The standard InChI is InChI=1S/C17H24N2O3/c1-16(2)10-13(11-17(3,4)18-16)15(20)9-12-5-7-14(8-6-12)19(21)22/h5-8,13,18H,9-11H2,1-4H3. The van der Waals surface area contributed by atoms with E-state index in [2.05, 4.69) is 33.0 Å². The van der Waals surface area contributed by atoms with Gasteiger partial charge in [-0.3, -0.25) is 14.9 Å². The number of nitro groups is 1. The lowest BCUT2D eigenvalue weighted by molar-refractivity contribution is -0.384. The van der Waals surface area contributed by atoms with Gasteiger partial charge in [-0.05, 0) is 46.1 Å². The molecule has 0 saturated carbocycles. The van der Waals surface area contributed by atoms with Gasteiger partial charge in [-0.25, -0.2) is 0 Å². The molecule has 1 heterocycles. The first-order chi connectivity index (χ1) is 10.1. The van der Waals surface area contributed by atoms with E-state index in [4.69, 9.17) is 0 Å². The van der Waals surface area contributed by atoms with E-state index in [0.717, 1.165) is 18.4 Å². The van der Waals surface area contributed by atoms with Gasteiger partial charge in [0, 0.05) is 35.5 Å². The molecule has 0 aromatic heterocycles. The SMILES string of the molecule is CC1(C)CC(C(=O)Cc2ccc([N+](=O)[O-])cc2)CC(C)(C)N1. The summed E-state index contributed by atoms with van der Waals surface area (Å²) >= 11 is 0. The monoisotopic (exact) mass is 304 g/mol. The summed E-state index contributed by atoms with van der Waals surface area (Å²) in [5.41, 5.74) is 0.778. The summed E-state index contributed by atoms with van der Waals surface area (Å²) in [6, 6.07) is 6.26. The Hall–Kier alpha value is -1.75. The second-order valence-electron chi connectivity index (χ2n) is 7.56. The number of rotatable bonds is 4. The maximum Gasteiger partial charge on any atom is 0.269 e. The van der Waals surface area contributed by atoms with Crippen LogP contribution in [0.4, 0.5) is 5.69 Å². The van der Waals surface area contributed by atoms with E-state index >= 15 is 0 Å². The predicted molar refractivity (Wildman–Crippen MR) is 85.8 cm³/mol. The largest absolute Gasteiger partial charge is 0.307 e. The summed E-state index contributed by atoms with van der Waals surface area (Å²) < 4.78 is 0. The third-order valence-corrected chi connectivity index (χ3v) is 4.17. The van der Waals surface area contributed by atoms with Crippen LogP contribution in [0.3, 0.4) is 0 Å². The summed E-state index contributed by atoms with van der Waals surface area (Å²) in [5.74, 6) is 0.248. The van der Waals surface area contributed by atoms with Crippen molar-refractivity contribution in [1.29, 1.82) is 0 Å². The lowest BCUT2D eigenvalue weighted by atomic mass is 9.73. The van der Waals surface area contributed by atoms with Crippen molar-refractivity contribution in [1.82, 2.24) is 5.32 Å². The van der Waals surface area contributed by atoms with Gasteiger partial charge in [-0.1, -0.05) is 12.1 Å². The summed E-state index contributed by atoms with van der Waals surface area (Å²) in [5, 5.41) is 14.2. The van der Waals surface area contributed by atoms with Crippen LogP contribution in [-0.2, 0) is 11.2 Å². The number of hydrogen-bond donors (Lipinski definition) is 1. The fourth-order valence-corrected chi connectivity index (χ4v) is 3.63. The first-order valence-corrected chi connectivity index (χ1v) is 7.63. The van der Waals surface area contributed by atoms with Crippen molar-refractivity contribution in [2.75, 3.05) is 0 Å². The molecule has 0 amide bonds. The van der Waals surface area contributed by atoms with Gasteiger partial charge in [0.1, 0.15) is 5.78 Å². The molecule has 1 aliphatic rings. The number of nitro benzene ring substituents is 1. The number of ketones is 1. The van der Waals surface area contributed by atoms with Crippen LogP contribution in [0.2, 0.25) is 0 Å². The van der Waals surface area contributed by atoms with Crippen LogP contribution in [0.1, 0.15) is 46.1 Å². The summed E-state index contributed by atoms with van der Waals surface area (Å²) in [6.45, 7) is 8.50. The highest BCUT2D eigenvalue weighted by atomic mass is 16.6. The van der Waals surface area contributed by atoms with E-state index in [1.165, 1.54) is 12.1 Å². The molecule has 0 bridgehead atoms. The zero-order chi connectivity index (χ0) is 16.5. The smallest absolute Gasteiger partial charge is 0.269 e. The molecule has 0 spiro atoms. The Morgan fingerprint density at radius 2 is 1.68 bits per heavy atom. The minimum absolute atomic E-state index is 0.0291. The Bertz CT molecular complexity index is 560. The summed E-state index contributed by atoms with van der Waals surface area (Å²) in [4.78, 5) is 22.8. The van der Waals surface area contributed by atoms with E-state index < -0.39 is 4.92 Å². The van der Waals surface area contributed by atoms with Crippen LogP contribution in [0.5, 0.6) is 0 Å². The lowest BCUT2D eigenvalue weighted by Crippen LogP contribution is -2.58. The number of non-ortho nitro benzene ring substituents is 1. The number of carbonyl (C=O) groups is 1. The van der Waals surface area contributed by atoms with Crippen molar-refractivity contribution in [2.45, 2.75) is 58.0 Å². The Balaban J connectivity index is 2.06. The molecular formula is C17H24N2O3. The van der Waals surface area contributed by atoms with Crippen molar-refractivity contribution < 1.29 is 9.72 Å². The topological polar surface area (TPSA) is 72.2 Å². The normalized spacial score (nSPS) is 20.5. The van der Waals surface area contributed by atoms with Crippen LogP contribution >= 0.6 is 0 Å². The zero-order valence-corrected chi connectivity index (χ0v) is 13.7. The first kappa shape index (κ1) is 16.6. The lowest BCUT2D eigenvalue weighted by Gasteiger charge is -2.46. The molecule has 0 aliphatic carbocycles. The molecule has 1 aliphatic heterocycles. The second kappa shape index (κ2) is 5.80. The molecule has 0 radical (unpaired) electrons. The van der Waals surface area contributed by atoms with E-state index in [1.807, 2.05) is 0 Å². The molecule has 1 aromatic rings. The maximum atomic E-state index is 12.6. The van der Waals surface area contributed by atoms with Gasteiger partial charge in [0.2, 0.25) is 0 Å². The Morgan fingerprint density at radius 3 is 2.14 bits per heavy atom. The van der Waals surface area contributed by atoms with Crippen molar-refractivity contribution in [3.63, 3.8) is 0 Å². The number of nitrogens with zero attached hydrogens (tertiary/aromatic N) is 1. The van der Waals surface area contributed by atoms with Gasteiger partial charge in [-0.15, -0.1) is 0 Å². The Kier molecular flexibility index (Phi) is 4.38. The molecule has 2 rings (SSSR count). The average Bonchev–Trinajstić information content (AvgIpc) is 2.35. The highest BCUT2D eigenvalue weighted by Gasteiger charge is 2.40. The summed E-state index contributed by atoms with van der Waals surface area (Å²) in [7, 11) is 0. The molecule has 22 heavy (non-hydrogen) atoms. The zero-order valence-electron chi connectivity index (χ0n) is 13.7. The molecule has 0 unspecified atom stereocenters. The molecule has 1 saturated heterocycles. The molecule has 1 aromatic carbocycles. The quantitative estimate of drug-likeness (QED) is 0.684. The van der Waals surface area contributed by atoms with Gasteiger partial charge < -0.3 is 5.32 Å². The third-order valence-electron chi connectivity index (χ3n) is 4.17. The molecule has 1 fully saturated rings. The van der Waals surface area contributed by atoms with Gasteiger partial charge in [0.15, 0.2) is 0 Å². The van der Waals surface area contributed by atoms with E-state index in [-0.39, 0.29) is 28.5 Å². The minimum atomic E-state index is -0.427. The van der Waals surface area contributed by atoms with Gasteiger partial charge in [-0.2, -0.15) is 0 Å². The second-order valence-corrected chi connectivity index (χ2v) is 7.56. The molecule has 0 atom stereocenters. The van der Waals surface area contributed by atoms with E-state index in [1.54, 1.807) is 12.1 Å². The molecule has 1 N–H and O–H groups in total. The third kappa shape index (κ3) is 4.13. The predicted octanol–water partition coefficient (Wildman–Crippen LogP) is 3.26. The number of nitrogens with one attached hydrogen (secondary N) is 1. The van der Waals surface area contributed by atoms with E-state index in [0.29, 0.717) is 6.42 Å². The molecule has 5 nitrogen and oxygen atoms in total. The molecule has 120 valence electrons. The Labute approximate surface area is 131 Å². The van der Waals surface area contributed by atoms with Crippen LogP contribution < -0.4 is 5.32 Å². The van der Waals surface area contributed by atoms with Gasteiger partial charge in [0.25, 0.3) is 5.69 Å². The number of hydrogen-bond acceptors (Lipinski definition) is 4. The van der Waals surface area contributed by atoms with Crippen molar-refractivity contribution in [3.05, 3.63) is 39.9 Å². The van der Waals surface area contributed by atoms with Crippen molar-refractivity contribution in [2.24, 2.45) is 5.92 Å². The first-order valence-electron chi connectivity index (χ1n) is 7.63. The fraction of sp³-hybridized carbons (Fsp3) is 0.588. The van der Waals surface area contributed by atoms with Crippen LogP contribution in [0.15, 0.2) is 24.3 Å². The van der Waals surface area contributed by atoms with Crippen LogP contribution in [0, 0.1) is 16.0 Å². The minimum Gasteiger partial charge on any atom is -0.307 e. The van der Waals surface area contributed by atoms with Crippen LogP contribution in [-0.4, -0.2) is 21.8 Å². The molecule has 5 heteroatoms. The fourth-order valence-electron chi connectivity index (χ4n) is 3.63. The maximum absolute atomic E-state index is 12.6. The number of carbonyl (C=O) groups excluding carboxylic acids is 1. The molecular weight excluding hydrogens is 280 g/mol. The average molecular weight is 304 g/mol. The van der Waals surface area contributed by atoms with E-state index in [9.17, 15) is 14.9 Å². The number of piperidine rings is 1. The van der Waals surface area contributed by atoms with Gasteiger partial charge in [0.05, 0.1) is 4.92 Å². The van der Waals surface area contributed by atoms with Crippen LogP contribution in [0.25, 0.3) is 0 Å². The van der Waals surface area contributed by atoms with Crippen molar-refractivity contribution in [3.8, 4) is 0 Å². The number of benzene rings is 1. The highest BCUT2D eigenvalue weighted by molar-refractivity contribution is 5.83. The number of Topliss-reactive ketones (excluding diaryl/α,β-unsaturated/α-hetero) is 1. The van der Waals surface area contributed by atoms with Crippen molar-refractivity contribution >= 4 is 11.5 Å². The summed E-state index contributed by atoms with van der Waals surface area (Å²) in [6.07, 6.45) is 1.99. The van der Waals surface area contributed by atoms with Gasteiger partial charge >= 0.3 is 0 Å². The Morgan fingerprint density at radius 1 is 1.18 bits per heavy atom. The highest BCUT2D eigenvalue weighted by Crippen LogP contribution is 2.33.